The van der Waals surface area contributed by atoms with Crippen LogP contribution in [0, 0.1) is 0 Å². The normalized spacial score (nSPS) is 12.3. The van der Waals surface area contributed by atoms with Crippen molar-refractivity contribution >= 4 is 15.9 Å². The molecule has 2 aromatic heterocycles. The van der Waals surface area contributed by atoms with Crippen molar-refractivity contribution in [3.05, 3.63) is 58.6 Å². The summed E-state index contributed by atoms with van der Waals surface area (Å²) in [6.45, 7) is 3.16. The summed E-state index contributed by atoms with van der Waals surface area (Å²) in [5, 5.41) is 3.55. The summed E-state index contributed by atoms with van der Waals surface area (Å²) in [7, 11) is 0. The van der Waals surface area contributed by atoms with Gasteiger partial charge in [-0.2, -0.15) is 0 Å². The number of hydrogen-bond donors (Lipinski definition) is 1. The smallest absolute Gasteiger partial charge is 0.0577 e. The van der Waals surface area contributed by atoms with Crippen molar-refractivity contribution in [2.24, 2.45) is 0 Å². The summed E-state index contributed by atoms with van der Waals surface area (Å²) >= 11 is 3.42. The van der Waals surface area contributed by atoms with Crippen LogP contribution in [-0.2, 0) is 6.42 Å². The summed E-state index contributed by atoms with van der Waals surface area (Å²) in [6.07, 6.45) is 7.58. The van der Waals surface area contributed by atoms with Crippen LogP contribution in [-0.4, -0.2) is 16.5 Å². The molecule has 0 aromatic carbocycles. The van der Waals surface area contributed by atoms with Gasteiger partial charge in [-0.3, -0.25) is 9.97 Å². The van der Waals surface area contributed by atoms with Crippen LogP contribution in [0.15, 0.2) is 47.3 Å². The maximum absolute atomic E-state index is 4.50. The molecule has 4 heteroatoms. The van der Waals surface area contributed by atoms with E-state index in [4.69, 9.17) is 0 Å². The maximum Gasteiger partial charge on any atom is 0.0577 e. The molecule has 2 heterocycles. The Morgan fingerprint density at radius 3 is 2.79 bits per heavy atom. The molecule has 0 bridgehead atoms. The molecule has 0 aliphatic rings. The van der Waals surface area contributed by atoms with Gasteiger partial charge in [-0.25, -0.2) is 0 Å². The SMILES string of the molecule is CCCNC(Cc1cccnc1)c1ccc(Br)cn1. The van der Waals surface area contributed by atoms with Gasteiger partial charge in [-0.1, -0.05) is 13.0 Å². The number of nitrogens with one attached hydrogen (secondary N) is 1. The first-order valence-electron chi connectivity index (χ1n) is 6.53. The highest BCUT2D eigenvalue weighted by atomic mass is 79.9. The molecular weight excluding hydrogens is 302 g/mol. The highest BCUT2D eigenvalue weighted by Crippen LogP contribution is 2.18. The molecule has 0 saturated carbocycles. The summed E-state index contributed by atoms with van der Waals surface area (Å²) in [4.78, 5) is 8.67. The van der Waals surface area contributed by atoms with E-state index in [0.29, 0.717) is 0 Å². The summed E-state index contributed by atoms with van der Waals surface area (Å²) < 4.78 is 1.01. The van der Waals surface area contributed by atoms with Crippen molar-refractivity contribution in [1.29, 1.82) is 0 Å². The molecule has 1 N–H and O–H groups in total. The van der Waals surface area contributed by atoms with E-state index < -0.39 is 0 Å². The molecule has 3 nitrogen and oxygen atoms in total. The van der Waals surface area contributed by atoms with Crippen molar-refractivity contribution in [2.75, 3.05) is 6.54 Å². The van der Waals surface area contributed by atoms with Crippen LogP contribution >= 0.6 is 15.9 Å². The van der Waals surface area contributed by atoms with E-state index in [9.17, 15) is 0 Å². The van der Waals surface area contributed by atoms with Crippen LogP contribution in [0.25, 0.3) is 0 Å². The quantitative estimate of drug-likeness (QED) is 0.885. The number of halogens is 1. The van der Waals surface area contributed by atoms with Gasteiger partial charge < -0.3 is 5.32 Å². The van der Waals surface area contributed by atoms with E-state index in [1.807, 2.05) is 24.5 Å². The first-order valence-corrected chi connectivity index (χ1v) is 7.32. The summed E-state index contributed by atoms with van der Waals surface area (Å²) in [5.74, 6) is 0. The molecule has 0 amide bonds. The molecule has 0 aliphatic heterocycles. The zero-order valence-electron chi connectivity index (χ0n) is 11.0. The van der Waals surface area contributed by atoms with E-state index in [1.165, 1.54) is 5.56 Å². The van der Waals surface area contributed by atoms with Gasteiger partial charge in [0.05, 0.1) is 11.7 Å². The first-order chi connectivity index (χ1) is 9.29. The van der Waals surface area contributed by atoms with E-state index in [0.717, 1.165) is 29.6 Å². The minimum atomic E-state index is 0.234. The monoisotopic (exact) mass is 319 g/mol. The van der Waals surface area contributed by atoms with Crippen molar-refractivity contribution in [3.8, 4) is 0 Å². The van der Waals surface area contributed by atoms with Gasteiger partial charge in [0.15, 0.2) is 0 Å². The van der Waals surface area contributed by atoms with Gasteiger partial charge in [-0.15, -0.1) is 0 Å². The molecule has 0 fully saturated rings. The van der Waals surface area contributed by atoms with Crippen LogP contribution < -0.4 is 5.32 Å². The third-order valence-corrected chi connectivity index (χ3v) is 3.38. The van der Waals surface area contributed by atoms with Crippen molar-refractivity contribution < 1.29 is 0 Å². The topological polar surface area (TPSA) is 37.8 Å². The Morgan fingerprint density at radius 1 is 1.26 bits per heavy atom. The lowest BCUT2D eigenvalue weighted by atomic mass is 10.0. The third kappa shape index (κ3) is 4.40. The number of pyridine rings is 2. The predicted octanol–water partition coefficient (Wildman–Crippen LogP) is 3.52. The molecule has 100 valence electrons. The molecule has 19 heavy (non-hydrogen) atoms. The second-order valence-corrected chi connectivity index (χ2v) is 5.39. The first kappa shape index (κ1) is 14.2. The fraction of sp³-hybridized carbons (Fsp3) is 0.333. The van der Waals surface area contributed by atoms with Crippen LogP contribution in [0.3, 0.4) is 0 Å². The molecule has 0 radical (unpaired) electrons. The standard InChI is InChI=1S/C15H18BrN3/c1-2-7-18-15(9-12-4-3-8-17-10-12)14-6-5-13(16)11-19-14/h3-6,8,10-11,15,18H,2,7,9H2,1H3. The Hall–Kier alpha value is -1.26. The second-order valence-electron chi connectivity index (χ2n) is 4.47. The minimum absolute atomic E-state index is 0.234. The Labute approximate surface area is 122 Å². The number of aromatic nitrogens is 2. The van der Waals surface area contributed by atoms with Gasteiger partial charge in [0.25, 0.3) is 0 Å². The molecule has 2 rings (SSSR count). The van der Waals surface area contributed by atoms with Crippen molar-refractivity contribution in [3.63, 3.8) is 0 Å². The van der Waals surface area contributed by atoms with Crippen molar-refractivity contribution in [1.82, 2.24) is 15.3 Å². The zero-order chi connectivity index (χ0) is 13.5. The number of hydrogen-bond acceptors (Lipinski definition) is 3. The highest BCUT2D eigenvalue weighted by molar-refractivity contribution is 9.10. The van der Waals surface area contributed by atoms with Crippen LogP contribution in [0.2, 0.25) is 0 Å². The highest BCUT2D eigenvalue weighted by Gasteiger charge is 2.12. The van der Waals surface area contributed by atoms with Crippen LogP contribution in [0.1, 0.15) is 30.6 Å². The minimum Gasteiger partial charge on any atom is -0.308 e. The van der Waals surface area contributed by atoms with Crippen molar-refractivity contribution in [2.45, 2.75) is 25.8 Å². The fourth-order valence-electron chi connectivity index (χ4n) is 1.95. The molecular formula is C15H18BrN3. The van der Waals surface area contributed by atoms with Crippen LogP contribution in [0.5, 0.6) is 0 Å². The molecule has 0 aliphatic carbocycles. The lowest BCUT2D eigenvalue weighted by Crippen LogP contribution is -2.25. The molecule has 0 spiro atoms. The van der Waals surface area contributed by atoms with E-state index in [1.54, 1.807) is 6.20 Å². The second kappa shape index (κ2) is 7.36. The average molecular weight is 320 g/mol. The Morgan fingerprint density at radius 2 is 2.16 bits per heavy atom. The summed E-state index contributed by atoms with van der Waals surface area (Å²) in [5.41, 5.74) is 2.29. The number of nitrogens with zero attached hydrogens (tertiary/aromatic N) is 2. The lowest BCUT2D eigenvalue weighted by molar-refractivity contribution is 0.517. The number of rotatable bonds is 6. The maximum atomic E-state index is 4.50. The Bertz CT molecular complexity index is 485. The largest absolute Gasteiger partial charge is 0.308 e. The fourth-order valence-corrected chi connectivity index (χ4v) is 2.18. The van der Waals surface area contributed by atoms with Gasteiger partial charge in [-0.05, 0) is 59.1 Å². The molecule has 0 saturated heterocycles. The summed E-state index contributed by atoms with van der Waals surface area (Å²) in [6, 6.07) is 8.41. The van der Waals surface area contributed by atoms with E-state index >= 15 is 0 Å². The molecule has 1 unspecified atom stereocenters. The van der Waals surface area contributed by atoms with Gasteiger partial charge in [0.1, 0.15) is 0 Å². The average Bonchev–Trinajstić information content (AvgIpc) is 2.45. The lowest BCUT2D eigenvalue weighted by Gasteiger charge is -2.18. The van der Waals surface area contributed by atoms with Gasteiger partial charge in [0, 0.05) is 23.1 Å². The van der Waals surface area contributed by atoms with E-state index in [-0.39, 0.29) is 6.04 Å². The predicted molar refractivity (Wildman–Crippen MR) is 80.9 cm³/mol. The Balaban J connectivity index is 2.13. The Kier molecular flexibility index (Phi) is 5.48. The third-order valence-electron chi connectivity index (χ3n) is 2.91. The molecule has 2 aromatic rings. The van der Waals surface area contributed by atoms with Crippen LogP contribution in [0.4, 0.5) is 0 Å². The van der Waals surface area contributed by atoms with Gasteiger partial charge in [0.2, 0.25) is 0 Å². The van der Waals surface area contributed by atoms with Gasteiger partial charge >= 0.3 is 0 Å². The molecule has 1 atom stereocenters. The zero-order valence-corrected chi connectivity index (χ0v) is 12.6. The van der Waals surface area contributed by atoms with E-state index in [2.05, 4.69) is 50.3 Å².